The van der Waals surface area contributed by atoms with Gasteiger partial charge in [-0.15, -0.1) is 6.58 Å². The average Bonchev–Trinajstić information content (AvgIpc) is 2.18. The van der Waals surface area contributed by atoms with Gasteiger partial charge in [-0.1, -0.05) is 6.08 Å². The minimum Gasteiger partial charge on any atom is -0.395 e. The van der Waals surface area contributed by atoms with Gasteiger partial charge in [-0.3, -0.25) is 4.90 Å². The van der Waals surface area contributed by atoms with Gasteiger partial charge in [-0.2, -0.15) is 0 Å². The summed E-state index contributed by atoms with van der Waals surface area (Å²) in [5.41, 5.74) is 5.54. The molecule has 0 saturated carbocycles. The summed E-state index contributed by atoms with van der Waals surface area (Å²) in [5, 5.41) is 8.85. The number of hydrogen-bond donors (Lipinski definition) is 2. The van der Waals surface area contributed by atoms with E-state index in [1.807, 2.05) is 4.90 Å². The number of nitrogens with zero attached hydrogens (tertiary/aromatic N) is 3. The van der Waals surface area contributed by atoms with Gasteiger partial charge in [0, 0.05) is 19.3 Å². The molecule has 5 nitrogen and oxygen atoms in total. The zero-order valence-electron chi connectivity index (χ0n) is 8.63. The maximum absolute atomic E-state index is 8.85. The van der Waals surface area contributed by atoms with E-state index in [2.05, 4.69) is 16.5 Å². The van der Waals surface area contributed by atoms with Gasteiger partial charge in [0.2, 0.25) is 0 Å². The lowest BCUT2D eigenvalue weighted by Crippen LogP contribution is -2.27. The molecule has 1 aromatic rings. The highest BCUT2D eigenvalue weighted by Crippen LogP contribution is 2.01. The Balaban J connectivity index is 2.60. The van der Waals surface area contributed by atoms with Crippen LogP contribution in [0.15, 0.2) is 24.9 Å². The fourth-order valence-corrected chi connectivity index (χ4v) is 1.25. The maximum atomic E-state index is 8.85. The van der Waals surface area contributed by atoms with Gasteiger partial charge in [-0.05, 0) is 6.07 Å². The van der Waals surface area contributed by atoms with Crippen LogP contribution < -0.4 is 5.73 Å². The van der Waals surface area contributed by atoms with Crippen molar-refractivity contribution in [3.05, 3.63) is 30.7 Å². The molecular weight excluding hydrogens is 192 g/mol. The Morgan fingerprint density at radius 1 is 1.60 bits per heavy atom. The predicted molar refractivity (Wildman–Crippen MR) is 59.0 cm³/mol. The molecule has 5 heteroatoms. The van der Waals surface area contributed by atoms with Gasteiger partial charge in [0.05, 0.1) is 13.2 Å². The normalized spacial score (nSPS) is 10.5. The largest absolute Gasteiger partial charge is 0.395 e. The zero-order chi connectivity index (χ0) is 11.1. The molecule has 0 aliphatic rings. The SMILES string of the molecule is C=CCN(CCO)Cc1nccc(N)n1. The molecule has 0 amide bonds. The van der Waals surface area contributed by atoms with E-state index in [1.165, 1.54) is 0 Å². The molecule has 0 spiro atoms. The summed E-state index contributed by atoms with van der Waals surface area (Å²) in [6, 6.07) is 1.65. The van der Waals surface area contributed by atoms with Crippen LogP contribution in [-0.4, -0.2) is 39.7 Å². The number of aromatic nitrogens is 2. The molecule has 1 heterocycles. The van der Waals surface area contributed by atoms with Gasteiger partial charge >= 0.3 is 0 Å². The van der Waals surface area contributed by atoms with Gasteiger partial charge in [0.25, 0.3) is 0 Å². The number of aliphatic hydroxyl groups is 1. The van der Waals surface area contributed by atoms with E-state index in [-0.39, 0.29) is 6.61 Å². The van der Waals surface area contributed by atoms with Crippen LogP contribution in [0.3, 0.4) is 0 Å². The topological polar surface area (TPSA) is 75.3 Å². The minimum absolute atomic E-state index is 0.107. The Labute approximate surface area is 89.3 Å². The molecule has 1 rings (SSSR count). The van der Waals surface area contributed by atoms with Crippen molar-refractivity contribution in [1.29, 1.82) is 0 Å². The first kappa shape index (κ1) is 11.6. The number of rotatable bonds is 6. The maximum Gasteiger partial charge on any atom is 0.144 e. The van der Waals surface area contributed by atoms with E-state index in [9.17, 15) is 0 Å². The van der Waals surface area contributed by atoms with Crippen molar-refractivity contribution in [1.82, 2.24) is 14.9 Å². The molecule has 0 aliphatic carbocycles. The van der Waals surface area contributed by atoms with Crippen molar-refractivity contribution in [3.8, 4) is 0 Å². The lowest BCUT2D eigenvalue weighted by molar-refractivity contribution is 0.200. The highest BCUT2D eigenvalue weighted by molar-refractivity contribution is 5.24. The fraction of sp³-hybridized carbons (Fsp3) is 0.400. The van der Waals surface area contributed by atoms with E-state index in [0.717, 1.165) is 0 Å². The molecule has 0 atom stereocenters. The summed E-state index contributed by atoms with van der Waals surface area (Å²) in [7, 11) is 0. The second-order valence-corrected chi connectivity index (χ2v) is 3.15. The molecule has 82 valence electrons. The third-order valence-corrected chi connectivity index (χ3v) is 1.90. The number of hydrogen-bond acceptors (Lipinski definition) is 5. The third kappa shape index (κ3) is 4.05. The van der Waals surface area contributed by atoms with Crippen LogP contribution >= 0.6 is 0 Å². The van der Waals surface area contributed by atoms with E-state index in [0.29, 0.717) is 31.3 Å². The Morgan fingerprint density at radius 3 is 3.00 bits per heavy atom. The van der Waals surface area contributed by atoms with Crippen LogP contribution in [0.1, 0.15) is 5.82 Å². The first-order valence-corrected chi connectivity index (χ1v) is 4.77. The summed E-state index contributed by atoms with van der Waals surface area (Å²) in [6.07, 6.45) is 3.41. The fourth-order valence-electron chi connectivity index (χ4n) is 1.25. The quantitative estimate of drug-likeness (QED) is 0.645. The summed E-state index contributed by atoms with van der Waals surface area (Å²) < 4.78 is 0. The van der Waals surface area contributed by atoms with Crippen LogP contribution in [0, 0.1) is 0 Å². The van der Waals surface area contributed by atoms with E-state index in [4.69, 9.17) is 10.8 Å². The summed E-state index contributed by atoms with van der Waals surface area (Å²) in [5.74, 6) is 1.12. The molecule has 15 heavy (non-hydrogen) atoms. The van der Waals surface area contributed by atoms with E-state index < -0.39 is 0 Å². The summed E-state index contributed by atoms with van der Waals surface area (Å²) in [6.45, 7) is 5.59. The smallest absolute Gasteiger partial charge is 0.144 e. The molecule has 0 unspecified atom stereocenters. The molecule has 0 radical (unpaired) electrons. The van der Waals surface area contributed by atoms with Crippen LogP contribution in [0.5, 0.6) is 0 Å². The molecule has 0 aliphatic heterocycles. The van der Waals surface area contributed by atoms with Gasteiger partial charge < -0.3 is 10.8 Å². The Bertz CT molecular complexity index is 316. The molecule has 0 fully saturated rings. The summed E-state index contributed by atoms with van der Waals surface area (Å²) >= 11 is 0. The molecule has 0 saturated heterocycles. The van der Waals surface area contributed by atoms with Crippen LogP contribution in [0.25, 0.3) is 0 Å². The number of aliphatic hydroxyl groups excluding tert-OH is 1. The monoisotopic (exact) mass is 208 g/mol. The zero-order valence-corrected chi connectivity index (χ0v) is 8.63. The lowest BCUT2D eigenvalue weighted by Gasteiger charge is -2.18. The van der Waals surface area contributed by atoms with E-state index in [1.54, 1.807) is 18.3 Å². The van der Waals surface area contributed by atoms with Crippen molar-refractivity contribution in [2.75, 3.05) is 25.4 Å². The Morgan fingerprint density at radius 2 is 2.40 bits per heavy atom. The molecule has 3 N–H and O–H groups in total. The standard InChI is InChI=1S/C10H16N4O/c1-2-5-14(6-7-15)8-10-12-4-3-9(11)13-10/h2-4,15H,1,5-8H2,(H2,11,12,13). The Kier molecular flexibility index (Phi) is 4.73. The minimum atomic E-state index is 0.107. The van der Waals surface area contributed by atoms with Gasteiger partial charge in [0.1, 0.15) is 11.6 Å². The van der Waals surface area contributed by atoms with Crippen LogP contribution in [0.2, 0.25) is 0 Å². The second kappa shape index (κ2) is 6.10. The number of nitrogens with two attached hydrogens (primary N) is 1. The highest BCUT2D eigenvalue weighted by Gasteiger charge is 2.05. The van der Waals surface area contributed by atoms with Crippen molar-refractivity contribution in [2.24, 2.45) is 0 Å². The molecule has 0 bridgehead atoms. The second-order valence-electron chi connectivity index (χ2n) is 3.15. The molecule has 1 aromatic heterocycles. The van der Waals surface area contributed by atoms with Crippen LogP contribution in [0.4, 0.5) is 5.82 Å². The van der Waals surface area contributed by atoms with Gasteiger partial charge in [0.15, 0.2) is 0 Å². The van der Waals surface area contributed by atoms with Crippen molar-refractivity contribution in [3.63, 3.8) is 0 Å². The summed E-state index contributed by atoms with van der Waals surface area (Å²) in [4.78, 5) is 10.2. The lowest BCUT2D eigenvalue weighted by atomic mass is 10.4. The Hall–Kier alpha value is -1.46. The van der Waals surface area contributed by atoms with E-state index >= 15 is 0 Å². The van der Waals surface area contributed by atoms with Crippen molar-refractivity contribution >= 4 is 5.82 Å². The van der Waals surface area contributed by atoms with Crippen molar-refractivity contribution in [2.45, 2.75) is 6.54 Å². The molecular formula is C10H16N4O. The van der Waals surface area contributed by atoms with Gasteiger partial charge in [-0.25, -0.2) is 9.97 Å². The number of anilines is 1. The van der Waals surface area contributed by atoms with Crippen molar-refractivity contribution < 1.29 is 5.11 Å². The van der Waals surface area contributed by atoms with Crippen LogP contribution in [-0.2, 0) is 6.54 Å². The number of nitrogen functional groups attached to an aromatic ring is 1. The third-order valence-electron chi connectivity index (χ3n) is 1.90. The molecule has 0 aromatic carbocycles. The predicted octanol–water partition coefficient (Wildman–Crippen LogP) is 0.0391. The first-order valence-electron chi connectivity index (χ1n) is 4.77. The highest BCUT2D eigenvalue weighted by atomic mass is 16.3. The average molecular weight is 208 g/mol. The first-order chi connectivity index (χ1) is 7.26.